The van der Waals surface area contributed by atoms with Crippen molar-refractivity contribution in [1.29, 1.82) is 0 Å². The number of alkyl halides is 4. The first-order valence-electron chi connectivity index (χ1n) is 10.7. The Morgan fingerprint density at radius 3 is 2.66 bits per heavy atom. The quantitative estimate of drug-likeness (QED) is 0.332. The van der Waals surface area contributed by atoms with Crippen LogP contribution in [0.2, 0.25) is 0 Å². The second-order valence-electron chi connectivity index (χ2n) is 8.41. The van der Waals surface area contributed by atoms with E-state index in [1.807, 2.05) is 42.6 Å². The highest BCUT2D eigenvalue weighted by molar-refractivity contribution is 5.98. The van der Waals surface area contributed by atoms with E-state index in [2.05, 4.69) is 10.3 Å². The van der Waals surface area contributed by atoms with Crippen LogP contribution in [0.5, 0.6) is 0 Å². The molecule has 1 aliphatic rings. The SMILES string of the molecule is CCc1cc(NCCC(F)(F)F)c2ncc(-c3ccc(C(=O)C[C@H]4C[C@@H]4F)c(C)c3)n2c1. The van der Waals surface area contributed by atoms with Crippen molar-refractivity contribution in [3.05, 3.63) is 53.3 Å². The first-order valence-corrected chi connectivity index (χ1v) is 10.7. The number of halogens is 4. The maximum atomic E-state index is 13.2. The number of benzene rings is 1. The maximum absolute atomic E-state index is 13.2. The highest BCUT2D eigenvalue weighted by Gasteiger charge is 2.39. The molecule has 1 fully saturated rings. The van der Waals surface area contributed by atoms with Gasteiger partial charge in [0, 0.05) is 36.2 Å². The van der Waals surface area contributed by atoms with Gasteiger partial charge in [0.05, 0.1) is 24.0 Å². The third-order valence-corrected chi connectivity index (χ3v) is 5.90. The summed E-state index contributed by atoms with van der Waals surface area (Å²) < 4.78 is 52.7. The van der Waals surface area contributed by atoms with Gasteiger partial charge in [0.2, 0.25) is 0 Å². The molecule has 2 heterocycles. The van der Waals surface area contributed by atoms with Gasteiger partial charge in [0.15, 0.2) is 11.4 Å². The minimum atomic E-state index is -4.23. The highest BCUT2D eigenvalue weighted by atomic mass is 19.4. The zero-order valence-corrected chi connectivity index (χ0v) is 18.0. The van der Waals surface area contributed by atoms with Crippen LogP contribution >= 0.6 is 0 Å². The van der Waals surface area contributed by atoms with Crippen LogP contribution in [0.4, 0.5) is 23.2 Å². The molecule has 0 aliphatic heterocycles. The van der Waals surface area contributed by atoms with Gasteiger partial charge < -0.3 is 5.32 Å². The average molecular weight is 447 g/mol. The van der Waals surface area contributed by atoms with Crippen LogP contribution in [0.3, 0.4) is 0 Å². The Balaban J connectivity index is 1.63. The summed E-state index contributed by atoms with van der Waals surface area (Å²) >= 11 is 0. The summed E-state index contributed by atoms with van der Waals surface area (Å²) in [6.45, 7) is 3.59. The van der Waals surface area contributed by atoms with Gasteiger partial charge in [-0.25, -0.2) is 9.37 Å². The van der Waals surface area contributed by atoms with E-state index in [-0.39, 0.29) is 24.7 Å². The largest absolute Gasteiger partial charge is 0.390 e. The van der Waals surface area contributed by atoms with E-state index in [4.69, 9.17) is 0 Å². The first-order chi connectivity index (χ1) is 15.2. The summed E-state index contributed by atoms with van der Waals surface area (Å²) in [6.07, 6.45) is -1.01. The lowest BCUT2D eigenvalue weighted by atomic mass is 9.98. The van der Waals surface area contributed by atoms with E-state index in [9.17, 15) is 22.4 Å². The summed E-state index contributed by atoms with van der Waals surface area (Å²) in [5.41, 5.74) is 5.06. The summed E-state index contributed by atoms with van der Waals surface area (Å²) in [4.78, 5) is 16.9. The molecule has 4 nitrogen and oxygen atoms in total. The van der Waals surface area contributed by atoms with Gasteiger partial charge in [0.1, 0.15) is 6.17 Å². The van der Waals surface area contributed by atoms with Gasteiger partial charge in [-0.05, 0) is 43.0 Å². The van der Waals surface area contributed by atoms with Gasteiger partial charge in [-0.2, -0.15) is 13.2 Å². The molecule has 0 unspecified atom stereocenters. The predicted molar refractivity (Wildman–Crippen MR) is 116 cm³/mol. The third kappa shape index (κ3) is 4.79. The van der Waals surface area contributed by atoms with Crippen LogP contribution in [0.25, 0.3) is 16.9 Å². The molecule has 2 aromatic heterocycles. The van der Waals surface area contributed by atoms with Crippen molar-refractivity contribution in [2.75, 3.05) is 11.9 Å². The first kappa shape index (κ1) is 22.3. The average Bonchev–Trinajstić information content (AvgIpc) is 3.24. The molecule has 0 bridgehead atoms. The molecule has 8 heteroatoms. The number of imidazole rings is 1. The van der Waals surface area contributed by atoms with Crippen molar-refractivity contribution in [2.24, 2.45) is 5.92 Å². The van der Waals surface area contributed by atoms with E-state index in [1.165, 1.54) is 0 Å². The van der Waals surface area contributed by atoms with E-state index in [0.29, 0.717) is 29.7 Å². The summed E-state index contributed by atoms with van der Waals surface area (Å²) in [7, 11) is 0. The van der Waals surface area contributed by atoms with Gasteiger partial charge in [-0.1, -0.05) is 19.1 Å². The van der Waals surface area contributed by atoms with Crippen LogP contribution in [-0.4, -0.2) is 34.1 Å². The zero-order chi connectivity index (χ0) is 23.0. The maximum Gasteiger partial charge on any atom is 0.390 e. The molecule has 1 saturated carbocycles. The molecule has 1 aliphatic carbocycles. The lowest BCUT2D eigenvalue weighted by Crippen LogP contribution is -2.15. The number of hydrogen-bond donors (Lipinski definition) is 1. The molecule has 0 amide bonds. The molecule has 0 spiro atoms. The number of nitrogens with zero attached hydrogens (tertiary/aromatic N) is 2. The lowest BCUT2D eigenvalue weighted by molar-refractivity contribution is -0.131. The number of nitrogens with one attached hydrogen (secondary N) is 1. The number of Topliss-reactive ketones (excluding diaryl/α,β-unsaturated/α-hetero) is 1. The molecule has 32 heavy (non-hydrogen) atoms. The number of fused-ring (bicyclic) bond motifs is 1. The standard InChI is InChI=1S/C24H25F4N3O/c1-3-15-9-20(29-7-6-24(26,27)28)23-30-12-21(31(23)13-15)16-4-5-18(14(2)8-16)22(32)11-17-10-19(17)25/h4-5,8-9,12-13,17,19,29H,3,6-7,10-11H2,1-2H3/t17-,19+/m1/s1. The number of aromatic nitrogens is 2. The van der Waals surface area contributed by atoms with E-state index < -0.39 is 18.8 Å². The summed E-state index contributed by atoms with van der Waals surface area (Å²) in [5, 5.41) is 2.87. The number of carbonyl (C=O) groups excluding carboxylic acids is 1. The Labute approximate surface area is 183 Å². The van der Waals surface area contributed by atoms with Crippen molar-refractivity contribution < 1.29 is 22.4 Å². The van der Waals surface area contributed by atoms with E-state index in [0.717, 1.165) is 22.4 Å². The lowest BCUT2D eigenvalue weighted by Gasteiger charge is -2.13. The molecule has 0 radical (unpaired) electrons. The minimum absolute atomic E-state index is 0.0539. The second-order valence-corrected chi connectivity index (χ2v) is 8.41. The van der Waals surface area contributed by atoms with Crippen molar-refractivity contribution in [2.45, 2.75) is 51.9 Å². The van der Waals surface area contributed by atoms with Gasteiger partial charge in [-0.15, -0.1) is 0 Å². The van der Waals surface area contributed by atoms with Gasteiger partial charge in [0.25, 0.3) is 0 Å². The molecular formula is C24H25F4N3O. The zero-order valence-electron chi connectivity index (χ0n) is 18.0. The Morgan fingerprint density at radius 1 is 1.28 bits per heavy atom. The number of hydrogen-bond acceptors (Lipinski definition) is 3. The molecule has 3 aromatic rings. The van der Waals surface area contributed by atoms with E-state index in [1.54, 1.807) is 12.3 Å². The number of rotatable bonds is 8. The molecule has 1 aromatic carbocycles. The third-order valence-electron chi connectivity index (χ3n) is 5.90. The number of anilines is 1. The van der Waals surface area contributed by atoms with E-state index >= 15 is 0 Å². The van der Waals surface area contributed by atoms with Crippen molar-refractivity contribution in [3.63, 3.8) is 0 Å². The molecule has 4 rings (SSSR count). The topological polar surface area (TPSA) is 46.4 Å². The minimum Gasteiger partial charge on any atom is -0.382 e. The Hall–Kier alpha value is -2.90. The fraction of sp³-hybridized carbons (Fsp3) is 0.417. The fourth-order valence-corrected chi connectivity index (χ4v) is 3.93. The number of carbonyl (C=O) groups is 1. The Morgan fingerprint density at radius 2 is 2.03 bits per heavy atom. The molecular weight excluding hydrogens is 422 g/mol. The predicted octanol–water partition coefficient (Wildman–Crippen LogP) is 6.17. The van der Waals surface area contributed by atoms with Crippen molar-refractivity contribution >= 4 is 17.1 Å². The Bertz CT molecular complexity index is 1150. The number of pyridine rings is 1. The van der Waals surface area contributed by atoms with Crippen LogP contribution in [0, 0.1) is 12.8 Å². The summed E-state index contributed by atoms with van der Waals surface area (Å²) in [5.74, 6) is -0.210. The molecule has 0 saturated heterocycles. The van der Waals surface area contributed by atoms with Gasteiger partial charge >= 0.3 is 6.18 Å². The second kappa shape index (κ2) is 8.56. The van der Waals surface area contributed by atoms with Crippen LogP contribution in [-0.2, 0) is 6.42 Å². The summed E-state index contributed by atoms with van der Waals surface area (Å²) in [6, 6.07) is 7.31. The van der Waals surface area contributed by atoms with Crippen LogP contribution in [0.1, 0.15) is 47.7 Å². The normalized spacial score (nSPS) is 18.2. The number of ketones is 1. The monoisotopic (exact) mass is 447 g/mol. The van der Waals surface area contributed by atoms with Crippen molar-refractivity contribution in [3.8, 4) is 11.3 Å². The smallest absolute Gasteiger partial charge is 0.382 e. The molecule has 1 N–H and O–H groups in total. The van der Waals surface area contributed by atoms with Gasteiger partial charge in [-0.3, -0.25) is 9.20 Å². The van der Waals surface area contributed by atoms with Crippen LogP contribution in [0.15, 0.2) is 36.7 Å². The molecule has 170 valence electrons. The number of aryl methyl sites for hydroxylation is 2. The van der Waals surface area contributed by atoms with Crippen molar-refractivity contribution in [1.82, 2.24) is 9.38 Å². The molecule has 2 atom stereocenters. The highest BCUT2D eigenvalue weighted by Crippen LogP contribution is 2.38. The Kier molecular flexibility index (Phi) is 5.97. The fourth-order valence-electron chi connectivity index (χ4n) is 3.93. The van der Waals surface area contributed by atoms with Crippen LogP contribution < -0.4 is 5.32 Å².